The molecule has 1 aromatic rings. The summed E-state index contributed by atoms with van der Waals surface area (Å²) in [5.41, 5.74) is 0.182. The van der Waals surface area contributed by atoms with Crippen molar-refractivity contribution >= 4 is 15.7 Å². The summed E-state index contributed by atoms with van der Waals surface area (Å²) in [6.07, 6.45) is 0.772. The van der Waals surface area contributed by atoms with Gasteiger partial charge in [-0.15, -0.1) is 0 Å². The van der Waals surface area contributed by atoms with E-state index < -0.39 is 9.84 Å². The van der Waals surface area contributed by atoms with Crippen molar-refractivity contribution in [1.82, 2.24) is 5.06 Å². The Morgan fingerprint density at radius 3 is 2.72 bits per heavy atom. The van der Waals surface area contributed by atoms with Crippen LogP contribution in [-0.2, 0) is 14.7 Å². The zero-order valence-electron chi connectivity index (χ0n) is 10.1. The fourth-order valence-electron chi connectivity index (χ4n) is 1.81. The molecule has 5 nitrogen and oxygen atoms in total. The molecule has 0 saturated carbocycles. The number of carbonyl (C=O) groups is 1. The molecule has 0 atom stereocenters. The summed E-state index contributed by atoms with van der Waals surface area (Å²) in [5.74, 6) is -0.418. The maximum Gasteiger partial charge on any atom is 0.278 e. The molecule has 1 fully saturated rings. The number of amides is 1. The summed E-state index contributed by atoms with van der Waals surface area (Å²) in [7, 11) is -3.41. The van der Waals surface area contributed by atoms with Crippen molar-refractivity contribution in [1.29, 1.82) is 0 Å². The van der Waals surface area contributed by atoms with Crippen LogP contribution in [-0.4, -0.2) is 38.3 Å². The summed E-state index contributed by atoms with van der Waals surface area (Å²) in [6, 6.07) is 6.25. The molecule has 0 bridgehead atoms. The van der Waals surface area contributed by atoms with Gasteiger partial charge in [0.15, 0.2) is 9.84 Å². The maximum atomic E-state index is 12.2. The quantitative estimate of drug-likeness (QED) is 0.828. The van der Waals surface area contributed by atoms with Gasteiger partial charge in [0, 0.05) is 0 Å². The first kappa shape index (κ1) is 13.0. The number of hydrogen-bond acceptors (Lipinski definition) is 4. The summed E-state index contributed by atoms with van der Waals surface area (Å²) >= 11 is 0. The fourth-order valence-corrected chi connectivity index (χ4v) is 2.90. The largest absolute Gasteiger partial charge is 0.278 e. The zero-order valence-corrected chi connectivity index (χ0v) is 10.9. The second-order valence-corrected chi connectivity index (χ2v) is 6.24. The molecule has 0 aliphatic carbocycles. The number of sulfone groups is 1. The van der Waals surface area contributed by atoms with Gasteiger partial charge in [-0.25, -0.2) is 13.5 Å². The van der Waals surface area contributed by atoms with Crippen molar-refractivity contribution in [3.63, 3.8) is 0 Å². The normalized spacial score (nSPS) is 15.9. The first-order valence-electron chi connectivity index (χ1n) is 5.83. The lowest BCUT2D eigenvalue weighted by Gasteiger charge is -2.16. The van der Waals surface area contributed by atoms with Crippen LogP contribution in [0.4, 0.5) is 0 Å². The van der Waals surface area contributed by atoms with Crippen LogP contribution in [0.1, 0.15) is 23.7 Å². The summed E-state index contributed by atoms with van der Waals surface area (Å²) in [4.78, 5) is 17.4. The predicted molar refractivity (Wildman–Crippen MR) is 65.8 cm³/mol. The Morgan fingerprint density at radius 2 is 2.11 bits per heavy atom. The Balaban J connectivity index is 2.42. The predicted octanol–water partition coefficient (Wildman–Crippen LogP) is 1.26. The van der Waals surface area contributed by atoms with Crippen molar-refractivity contribution in [2.24, 2.45) is 0 Å². The van der Waals surface area contributed by atoms with E-state index in [1.165, 1.54) is 17.2 Å². The van der Waals surface area contributed by atoms with Gasteiger partial charge >= 0.3 is 0 Å². The Morgan fingerprint density at radius 1 is 1.39 bits per heavy atom. The van der Waals surface area contributed by atoms with E-state index in [4.69, 9.17) is 4.84 Å². The van der Waals surface area contributed by atoms with E-state index in [0.29, 0.717) is 13.2 Å². The number of hydrogen-bond donors (Lipinski definition) is 0. The minimum Gasteiger partial charge on any atom is -0.271 e. The van der Waals surface area contributed by atoms with Gasteiger partial charge in [0.2, 0.25) is 0 Å². The Kier molecular flexibility index (Phi) is 3.68. The Labute approximate surface area is 106 Å². The van der Waals surface area contributed by atoms with Gasteiger partial charge in [-0.2, -0.15) is 0 Å². The Bertz CT molecular complexity index is 547. The van der Waals surface area contributed by atoms with Gasteiger partial charge in [0.25, 0.3) is 5.91 Å². The number of benzene rings is 1. The van der Waals surface area contributed by atoms with Gasteiger partial charge in [-0.05, 0) is 18.6 Å². The van der Waals surface area contributed by atoms with Crippen LogP contribution in [0, 0.1) is 0 Å². The second kappa shape index (κ2) is 5.07. The Hall–Kier alpha value is -1.40. The van der Waals surface area contributed by atoms with Crippen LogP contribution in [0.5, 0.6) is 0 Å². The van der Waals surface area contributed by atoms with Gasteiger partial charge in [-0.3, -0.25) is 9.63 Å². The standard InChI is InChI=1S/C12H15NO4S/c1-2-18(15,16)11-7-4-3-6-10(11)12(14)13-8-5-9-17-13/h3-4,6-7H,2,5,8-9H2,1H3. The van der Waals surface area contributed by atoms with Crippen molar-refractivity contribution in [3.05, 3.63) is 29.8 Å². The molecule has 0 aromatic heterocycles. The summed E-state index contributed by atoms with van der Waals surface area (Å²) < 4.78 is 23.9. The molecule has 1 amide bonds. The van der Waals surface area contributed by atoms with Crippen LogP contribution in [0.15, 0.2) is 29.2 Å². The minimum atomic E-state index is -3.41. The SMILES string of the molecule is CCS(=O)(=O)c1ccccc1C(=O)N1CCCO1. The number of nitrogens with zero attached hydrogens (tertiary/aromatic N) is 1. The highest BCUT2D eigenvalue weighted by atomic mass is 32.2. The number of carbonyl (C=O) groups excluding carboxylic acids is 1. The van der Waals surface area contributed by atoms with E-state index in [1.807, 2.05) is 0 Å². The van der Waals surface area contributed by atoms with Crippen LogP contribution in [0.2, 0.25) is 0 Å². The molecular formula is C12H15NO4S. The van der Waals surface area contributed by atoms with E-state index >= 15 is 0 Å². The highest BCUT2D eigenvalue weighted by molar-refractivity contribution is 7.91. The lowest BCUT2D eigenvalue weighted by Crippen LogP contribution is -2.28. The van der Waals surface area contributed by atoms with Crippen molar-refractivity contribution < 1.29 is 18.0 Å². The average molecular weight is 269 g/mol. The first-order valence-corrected chi connectivity index (χ1v) is 7.48. The minimum absolute atomic E-state index is 0.0296. The first-order chi connectivity index (χ1) is 8.56. The molecule has 18 heavy (non-hydrogen) atoms. The van der Waals surface area contributed by atoms with E-state index in [-0.39, 0.29) is 22.1 Å². The molecule has 98 valence electrons. The van der Waals surface area contributed by atoms with Crippen LogP contribution in [0.3, 0.4) is 0 Å². The molecule has 1 heterocycles. The molecule has 1 saturated heterocycles. The number of hydroxylamine groups is 2. The third-order valence-corrected chi connectivity index (χ3v) is 4.60. The third kappa shape index (κ3) is 2.39. The molecule has 1 aliphatic rings. The zero-order chi connectivity index (χ0) is 13.2. The molecular weight excluding hydrogens is 254 g/mol. The fraction of sp³-hybridized carbons (Fsp3) is 0.417. The highest BCUT2D eigenvalue weighted by Crippen LogP contribution is 2.20. The van der Waals surface area contributed by atoms with E-state index in [0.717, 1.165) is 6.42 Å². The monoisotopic (exact) mass is 269 g/mol. The third-order valence-electron chi connectivity index (χ3n) is 2.81. The summed E-state index contributed by atoms with van der Waals surface area (Å²) in [5, 5.41) is 1.23. The molecule has 1 aromatic carbocycles. The molecule has 2 rings (SSSR count). The van der Waals surface area contributed by atoms with Crippen LogP contribution < -0.4 is 0 Å². The van der Waals surface area contributed by atoms with E-state index in [2.05, 4.69) is 0 Å². The molecule has 0 spiro atoms. The van der Waals surface area contributed by atoms with Gasteiger partial charge in [-0.1, -0.05) is 19.1 Å². The van der Waals surface area contributed by atoms with Gasteiger partial charge in [0.1, 0.15) is 0 Å². The molecule has 0 N–H and O–H groups in total. The van der Waals surface area contributed by atoms with Crippen molar-refractivity contribution in [2.45, 2.75) is 18.2 Å². The maximum absolute atomic E-state index is 12.2. The molecule has 0 unspecified atom stereocenters. The smallest absolute Gasteiger partial charge is 0.271 e. The highest BCUT2D eigenvalue weighted by Gasteiger charge is 2.26. The summed E-state index contributed by atoms with van der Waals surface area (Å²) in [6.45, 7) is 2.55. The van der Waals surface area contributed by atoms with Crippen molar-refractivity contribution in [2.75, 3.05) is 18.9 Å². The van der Waals surface area contributed by atoms with E-state index in [1.54, 1.807) is 19.1 Å². The molecule has 1 aliphatic heterocycles. The lowest BCUT2D eigenvalue weighted by atomic mass is 10.2. The molecule has 0 radical (unpaired) electrons. The van der Waals surface area contributed by atoms with E-state index in [9.17, 15) is 13.2 Å². The van der Waals surface area contributed by atoms with Gasteiger partial charge in [0.05, 0.1) is 29.4 Å². The van der Waals surface area contributed by atoms with Gasteiger partial charge < -0.3 is 0 Å². The average Bonchev–Trinajstić information content (AvgIpc) is 2.92. The second-order valence-electron chi connectivity index (χ2n) is 3.99. The topological polar surface area (TPSA) is 63.7 Å². The van der Waals surface area contributed by atoms with Crippen LogP contribution >= 0.6 is 0 Å². The van der Waals surface area contributed by atoms with Crippen molar-refractivity contribution in [3.8, 4) is 0 Å². The lowest BCUT2D eigenvalue weighted by molar-refractivity contribution is -0.0770. The number of rotatable bonds is 3. The van der Waals surface area contributed by atoms with Crippen LogP contribution in [0.25, 0.3) is 0 Å². The molecule has 6 heteroatoms.